The zero-order valence-electron chi connectivity index (χ0n) is 8.74. The Morgan fingerprint density at radius 1 is 1.43 bits per heavy atom. The Labute approximate surface area is 83.2 Å². The minimum absolute atomic E-state index is 0.110. The van der Waals surface area contributed by atoms with Gasteiger partial charge in [-0.25, -0.2) is 4.79 Å². The molecule has 0 saturated heterocycles. The Hall–Kier alpha value is -0.900. The van der Waals surface area contributed by atoms with E-state index in [9.17, 15) is 14.7 Å². The van der Waals surface area contributed by atoms with E-state index in [1.54, 1.807) is 13.8 Å². The van der Waals surface area contributed by atoms with Crippen LogP contribution in [-0.2, 0) is 14.3 Å². The Kier molecular flexibility index (Phi) is 2.95. The van der Waals surface area contributed by atoms with Gasteiger partial charge < -0.3 is 9.84 Å². The van der Waals surface area contributed by atoms with Crippen molar-refractivity contribution in [2.75, 3.05) is 7.11 Å². The maximum absolute atomic E-state index is 11.5. The van der Waals surface area contributed by atoms with E-state index in [0.717, 1.165) is 0 Å². The van der Waals surface area contributed by atoms with Crippen LogP contribution in [0.2, 0.25) is 0 Å². The molecule has 0 aliphatic heterocycles. The summed E-state index contributed by atoms with van der Waals surface area (Å²) in [4.78, 5) is 22.8. The Morgan fingerprint density at radius 2 is 1.86 bits per heavy atom. The topological polar surface area (TPSA) is 63.6 Å². The third-order valence-electron chi connectivity index (χ3n) is 2.82. The van der Waals surface area contributed by atoms with Gasteiger partial charge in [-0.3, -0.25) is 4.79 Å². The number of Topliss-reactive ketones (excluding diaryl/α,β-unsaturated/α-hetero) is 1. The van der Waals surface area contributed by atoms with Gasteiger partial charge in [0.25, 0.3) is 0 Å². The second kappa shape index (κ2) is 3.69. The molecular weight excluding hydrogens is 184 g/mol. The summed E-state index contributed by atoms with van der Waals surface area (Å²) in [6, 6.07) is 0. The van der Waals surface area contributed by atoms with Crippen LogP contribution in [0.5, 0.6) is 0 Å². The number of ketones is 1. The summed E-state index contributed by atoms with van der Waals surface area (Å²) < 4.78 is 4.52. The average molecular weight is 200 g/mol. The predicted octanol–water partition coefficient (Wildman–Crippen LogP) is 0.526. The lowest BCUT2D eigenvalue weighted by atomic mass is 9.73. The smallest absolute Gasteiger partial charge is 0.337 e. The molecule has 0 aromatic carbocycles. The van der Waals surface area contributed by atoms with E-state index in [0.29, 0.717) is 0 Å². The Bertz CT molecular complexity index is 245. The molecule has 0 heterocycles. The van der Waals surface area contributed by atoms with Gasteiger partial charge >= 0.3 is 5.97 Å². The van der Waals surface area contributed by atoms with E-state index < -0.39 is 11.6 Å². The first kappa shape index (κ1) is 11.2. The van der Waals surface area contributed by atoms with E-state index in [1.807, 2.05) is 0 Å². The fraction of sp³-hybridized carbons (Fsp3) is 0.800. The number of rotatable bonds is 1. The molecule has 2 atom stereocenters. The van der Waals surface area contributed by atoms with Crippen molar-refractivity contribution in [2.24, 2.45) is 11.8 Å². The molecule has 0 aromatic rings. The van der Waals surface area contributed by atoms with Gasteiger partial charge in [0.2, 0.25) is 0 Å². The summed E-state index contributed by atoms with van der Waals surface area (Å²) >= 11 is 0. The molecule has 1 N–H and O–H groups in total. The van der Waals surface area contributed by atoms with E-state index in [2.05, 4.69) is 4.74 Å². The van der Waals surface area contributed by atoms with Gasteiger partial charge in [-0.15, -0.1) is 0 Å². The first-order chi connectivity index (χ1) is 6.40. The average Bonchev–Trinajstić information content (AvgIpc) is 2.12. The first-order valence-corrected chi connectivity index (χ1v) is 4.75. The monoisotopic (exact) mass is 200 g/mol. The summed E-state index contributed by atoms with van der Waals surface area (Å²) in [5, 5.41) is 9.97. The van der Waals surface area contributed by atoms with Crippen LogP contribution in [0.15, 0.2) is 0 Å². The number of methoxy groups -OCH3 is 1. The van der Waals surface area contributed by atoms with Gasteiger partial charge in [0.15, 0.2) is 5.60 Å². The lowest BCUT2D eigenvalue weighted by Crippen LogP contribution is -2.49. The second-order valence-electron chi connectivity index (χ2n) is 4.14. The van der Waals surface area contributed by atoms with Gasteiger partial charge in [0.1, 0.15) is 5.78 Å². The number of esters is 1. The summed E-state index contributed by atoms with van der Waals surface area (Å²) in [6.07, 6.45) is 0.339. The first-order valence-electron chi connectivity index (χ1n) is 4.75. The summed E-state index contributed by atoms with van der Waals surface area (Å²) in [7, 11) is 1.24. The lowest BCUT2D eigenvalue weighted by molar-refractivity contribution is -0.170. The minimum Gasteiger partial charge on any atom is -0.467 e. The van der Waals surface area contributed by atoms with Crippen molar-refractivity contribution in [1.82, 2.24) is 0 Å². The van der Waals surface area contributed by atoms with Gasteiger partial charge in [-0.2, -0.15) is 0 Å². The molecule has 1 saturated carbocycles. The number of hydrogen-bond acceptors (Lipinski definition) is 4. The molecule has 1 rings (SSSR count). The molecule has 0 unspecified atom stereocenters. The SMILES string of the molecule is COC(=O)C1(O)C[C@@H](C)C(=O)[C@H](C)C1. The van der Waals surface area contributed by atoms with Crippen molar-refractivity contribution < 1.29 is 19.4 Å². The van der Waals surface area contributed by atoms with E-state index in [-0.39, 0.29) is 30.5 Å². The van der Waals surface area contributed by atoms with Crippen LogP contribution in [0.25, 0.3) is 0 Å². The van der Waals surface area contributed by atoms with Crippen molar-refractivity contribution in [3.63, 3.8) is 0 Å². The van der Waals surface area contributed by atoms with Gasteiger partial charge in [0.05, 0.1) is 7.11 Å². The molecule has 0 amide bonds. The van der Waals surface area contributed by atoms with Crippen LogP contribution < -0.4 is 0 Å². The quantitative estimate of drug-likeness (QED) is 0.627. The van der Waals surface area contributed by atoms with Crippen LogP contribution in [0, 0.1) is 11.8 Å². The highest BCUT2D eigenvalue weighted by atomic mass is 16.5. The minimum atomic E-state index is -1.47. The molecule has 4 heteroatoms. The number of ether oxygens (including phenoxy) is 1. The zero-order chi connectivity index (χ0) is 10.9. The van der Waals surface area contributed by atoms with E-state index in [1.165, 1.54) is 7.11 Å². The molecular formula is C10H16O4. The molecule has 1 aliphatic rings. The molecule has 80 valence electrons. The molecule has 0 spiro atoms. The highest BCUT2D eigenvalue weighted by Crippen LogP contribution is 2.34. The molecule has 0 bridgehead atoms. The van der Waals surface area contributed by atoms with Crippen molar-refractivity contribution in [3.05, 3.63) is 0 Å². The molecule has 4 nitrogen and oxygen atoms in total. The maximum atomic E-state index is 11.5. The molecule has 1 aliphatic carbocycles. The fourth-order valence-corrected chi connectivity index (χ4v) is 2.14. The molecule has 14 heavy (non-hydrogen) atoms. The summed E-state index contributed by atoms with van der Waals surface area (Å²) in [5.41, 5.74) is -1.47. The summed E-state index contributed by atoms with van der Waals surface area (Å²) in [6.45, 7) is 3.46. The summed E-state index contributed by atoms with van der Waals surface area (Å²) in [5.74, 6) is -1.08. The van der Waals surface area contributed by atoms with Crippen LogP contribution in [0.1, 0.15) is 26.7 Å². The van der Waals surface area contributed by atoms with Crippen LogP contribution in [0.4, 0.5) is 0 Å². The third kappa shape index (κ3) is 1.80. The number of hydrogen-bond donors (Lipinski definition) is 1. The standard InChI is InChI=1S/C10H16O4/c1-6-4-10(13,9(12)14-3)5-7(2)8(6)11/h6-7,13H,4-5H2,1-3H3/t6-,7-/m1/s1. The number of aliphatic hydroxyl groups is 1. The third-order valence-corrected chi connectivity index (χ3v) is 2.82. The van der Waals surface area contributed by atoms with E-state index in [4.69, 9.17) is 0 Å². The van der Waals surface area contributed by atoms with Gasteiger partial charge in [0, 0.05) is 11.8 Å². The van der Waals surface area contributed by atoms with Crippen molar-refractivity contribution in [3.8, 4) is 0 Å². The Balaban J connectivity index is 2.84. The second-order valence-corrected chi connectivity index (χ2v) is 4.14. The highest BCUT2D eigenvalue weighted by Gasteiger charge is 2.46. The van der Waals surface area contributed by atoms with Crippen molar-refractivity contribution in [2.45, 2.75) is 32.3 Å². The van der Waals surface area contributed by atoms with Gasteiger partial charge in [-0.1, -0.05) is 13.8 Å². The zero-order valence-corrected chi connectivity index (χ0v) is 8.74. The van der Waals surface area contributed by atoms with Crippen LogP contribution in [0.3, 0.4) is 0 Å². The molecule has 0 aromatic heterocycles. The number of carbonyl (C=O) groups excluding carboxylic acids is 2. The normalized spacial score (nSPS) is 38.1. The predicted molar refractivity (Wildman–Crippen MR) is 49.5 cm³/mol. The van der Waals surface area contributed by atoms with E-state index >= 15 is 0 Å². The molecule has 1 fully saturated rings. The number of carbonyl (C=O) groups is 2. The van der Waals surface area contributed by atoms with Crippen LogP contribution in [-0.4, -0.2) is 29.6 Å². The van der Waals surface area contributed by atoms with Crippen molar-refractivity contribution >= 4 is 11.8 Å². The molecule has 0 radical (unpaired) electrons. The highest BCUT2D eigenvalue weighted by molar-refractivity contribution is 5.88. The largest absolute Gasteiger partial charge is 0.467 e. The fourth-order valence-electron chi connectivity index (χ4n) is 2.14. The maximum Gasteiger partial charge on any atom is 0.337 e. The van der Waals surface area contributed by atoms with Crippen LogP contribution >= 0.6 is 0 Å². The van der Waals surface area contributed by atoms with Crippen molar-refractivity contribution in [1.29, 1.82) is 0 Å². The Morgan fingerprint density at radius 3 is 2.21 bits per heavy atom. The van der Waals surface area contributed by atoms with Gasteiger partial charge in [-0.05, 0) is 12.8 Å². The lowest BCUT2D eigenvalue weighted by Gasteiger charge is -2.35.